The van der Waals surface area contributed by atoms with Crippen molar-refractivity contribution in [1.82, 2.24) is 0 Å². The first-order valence-corrected chi connectivity index (χ1v) is 9.69. The summed E-state index contributed by atoms with van der Waals surface area (Å²) >= 11 is 0. The zero-order valence-electron chi connectivity index (χ0n) is 15.9. The fourth-order valence-electron chi connectivity index (χ4n) is 3.79. The molecule has 0 N–H and O–H groups in total. The number of alkyl halides is 3. The van der Waals surface area contributed by atoms with Crippen molar-refractivity contribution >= 4 is 0 Å². The molecule has 0 amide bonds. The summed E-state index contributed by atoms with van der Waals surface area (Å²) in [5, 5.41) is 0. The third-order valence-electron chi connectivity index (χ3n) is 5.39. The number of methoxy groups -OCH3 is 1. The lowest BCUT2D eigenvalue weighted by Crippen LogP contribution is -2.29. The highest BCUT2D eigenvalue weighted by molar-refractivity contribution is 5.27. The van der Waals surface area contributed by atoms with Crippen LogP contribution in [0.2, 0.25) is 0 Å². The van der Waals surface area contributed by atoms with Crippen molar-refractivity contribution in [3.8, 4) is 5.75 Å². The average molecular weight is 372 g/mol. The van der Waals surface area contributed by atoms with Crippen molar-refractivity contribution in [3.05, 3.63) is 29.8 Å². The van der Waals surface area contributed by atoms with Crippen LogP contribution in [0.3, 0.4) is 0 Å². The summed E-state index contributed by atoms with van der Waals surface area (Å²) in [5.74, 6) is 0.737. The molecule has 1 atom stereocenters. The molecular weight excluding hydrogens is 341 g/mol. The van der Waals surface area contributed by atoms with Crippen LogP contribution >= 0.6 is 0 Å². The van der Waals surface area contributed by atoms with Crippen LogP contribution in [0, 0.1) is 17.8 Å². The summed E-state index contributed by atoms with van der Waals surface area (Å²) in [6.07, 6.45) is 3.29. The first-order chi connectivity index (χ1) is 12.4. The van der Waals surface area contributed by atoms with Gasteiger partial charge in [0.15, 0.2) is 0 Å². The van der Waals surface area contributed by atoms with Gasteiger partial charge in [0.05, 0.1) is 19.1 Å². The summed E-state index contributed by atoms with van der Waals surface area (Å²) in [5.41, 5.74) is 0.650. The van der Waals surface area contributed by atoms with Crippen molar-refractivity contribution in [2.45, 2.75) is 58.0 Å². The summed E-state index contributed by atoms with van der Waals surface area (Å²) in [7, 11) is 1.30. The number of rotatable bonds is 9. The molecule has 0 radical (unpaired) electrons. The Bertz CT molecular complexity index is 505. The summed E-state index contributed by atoms with van der Waals surface area (Å²) in [4.78, 5) is 0. The molecule has 0 heterocycles. The van der Waals surface area contributed by atoms with E-state index < -0.39 is 12.1 Å². The largest absolute Gasteiger partial charge is 0.493 e. The smallest absolute Gasteiger partial charge is 0.394 e. The fourth-order valence-corrected chi connectivity index (χ4v) is 3.79. The Morgan fingerprint density at radius 2 is 1.65 bits per heavy atom. The van der Waals surface area contributed by atoms with Gasteiger partial charge in [0, 0.05) is 7.11 Å². The van der Waals surface area contributed by atoms with Gasteiger partial charge in [-0.3, -0.25) is 0 Å². The second-order valence-corrected chi connectivity index (χ2v) is 7.53. The van der Waals surface area contributed by atoms with Gasteiger partial charge in [-0.1, -0.05) is 44.7 Å². The van der Waals surface area contributed by atoms with Gasteiger partial charge in [-0.25, -0.2) is 0 Å². The Balaban J connectivity index is 1.78. The van der Waals surface area contributed by atoms with Gasteiger partial charge in [0.25, 0.3) is 0 Å². The van der Waals surface area contributed by atoms with Crippen molar-refractivity contribution in [1.29, 1.82) is 0 Å². The standard InChI is InChI=1S/C21H31F3O2/c1-3-4-16-5-7-18(8-6-16)14-26-20-11-9-17(10-12-20)13-19(15-25-2)21(22,23)24/h9-12,16,18-19H,3-8,13-15H2,1-2H3. The van der Waals surface area contributed by atoms with Gasteiger partial charge >= 0.3 is 6.18 Å². The molecule has 1 aromatic rings. The molecule has 0 saturated heterocycles. The van der Waals surface area contributed by atoms with E-state index in [1.54, 1.807) is 24.3 Å². The topological polar surface area (TPSA) is 18.5 Å². The molecule has 0 bridgehead atoms. The van der Waals surface area contributed by atoms with Gasteiger partial charge in [0.2, 0.25) is 0 Å². The van der Waals surface area contributed by atoms with Crippen molar-refractivity contribution in [2.24, 2.45) is 17.8 Å². The molecule has 0 aromatic heterocycles. The number of hydrogen-bond donors (Lipinski definition) is 0. The lowest BCUT2D eigenvalue weighted by molar-refractivity contribution is -0.185. The molecule has 1 aliphatic carbocycles. The Labute approximate surface area is 155 Å². The van der Waals surface area contributed by atoms with Crippen molar-refractivity contribution in [3.63, 3.8) is 0 Å². The Morgan fingerprint density at radius 1 is 1.04 bits per heavy atom. The normalized spacial score (nSPS) is 22.2. The predicted molar refractivity (Wildman–Crippen MR) is 97.4 cm³/mol. The Kier molecular flexibility index (Phi) is 8.26. The van der Waals surface area contributed by atoms with Crippen LogP contribution in [0.15, 0.2) is 24.3 Å². The second kappa shape index (κ2) is 10.2. The molecule has 2 rings (SSSR count). The van der Waals surface area contributed by atoms with E-state index >= 15 is 0 Å². The minimum Gasteiger partial charge on any atom is -0.493 e. The van der Waals surface area contributed by atoms with Gasteiger partial charge in [-0.2, -0.15) is 13.2 Å². The van der Waals surface area contributed by atoms with Crippen molar-refractivity contribution in [2.75, 3.05) is 20.3 Å². The van der Waals surface area contributed by atoms with E-state index in [4.69, 9.17) is 9.47 Å². The van der Waals surface area contributed by atoms with E-state index in [0.29, 0.717) is 18.1 Å². The third kappa shape index (κ3) is 6.82. The maximum atomic E-state index is 13.0. The molecule has 1 unspecified atom stereocenters. The van der Waals surface area contributed by atoms with Crippen LogP contribution in [0.5, 0.6) is 5.75 Å². The first kappa shape index (κ1) is 21.1. The van der Waals surface area contributed by atoms with Gasteiger partial charge in [-0.15, -0.1) is 0 Å². The third-order valence-corrected chi connectivity index (χ3v) is 5.39. The zero-order valence-corrected chi connectivity index (χ0v) is 15.9. The SMILES string of the molecule is CCCC1CCC(COc2ccc(CC(COC)C(F)(F)F)cc2)CC1. The molecule has 0 spiro atoms. The number of halogens is 3. The second-order valence-electron chi connectivity index (χ2n) is 7.53. The molecule has 1 aliphatic rings. The Morgan fingerprint density at radius 3 is 2.19 bits per heavy atom. The monoisotopic (exact) mass is 372 g/mol. The molecule has 148 valence electrons. The summed E-state index contributed by atoms with van der Waals surface area (Å²) in [6, 6.07) is 7.00. The van der Waals surface area contributed by atoms with Gasteiger partial charge in [0.1, 0.15) is 5.75 Å². The van der Waals surface area contributed by atoms with Crippen LogP contribution in [0.25, 0.3) is 0 Å². The van der Waals surface area contributed by atoms with Crippen LogP contribution in [-0.4, -0.2) is 26.5 Å². The number of benzene rings is 1. The minimum atomic E-state index is -4.25. The highest BCUT2D eigenvalue weighted by atomic mass is 19.4. The summed E-state index contributed by atoms with van der Waals surface area (Å²) in [6.45, 7) is 2.63. The van der Waals surface area contributed by atoms with E-state index in [9.17, 15) is 13.2 Å². The lowest BCUT2D eigenvalue weighted by atomic mass is 9.80. The molecule has 0 aliphatic heterocycles. The highest BCUT2D eigenvalue weighted by Crippen LogP contribution is 2.32. The summed E-state index contributed by atoms with van der Waals surface area (Å²) < 4.78 is 49.5. The van der Waals surface area contributed by atoms with E-state index in [1.165, 1.54) is 45.6 Å². The minimum absolute atomic E-state index is 0.0704. The molecular formula is C21H31F3O2. The fraction of sp³-hybridized carbons (Fsp3) is 0.714. The molecule has 1 aromatic carbocycles. The lowest BCUT2D eigenvalue weighted by Gasteiger charge is -2.28. The van der Waals surface area contributed by atoms with E-state index in [0.717, 1.165) is 11.7 Å². The van der Waals surface area contributed by atoms with Gasteiger partial charge < -0.3 is 9.47 Å². The first-order valence-electron chi connectivity index (χ1n) is 9.69. The average Bonchev–Trinajstić information content (AvgIpc) is 2.61. The van der Waals surface area contributed by atoms with E-state index in [1.807, 2.05) is 0 Å². The van der Waals surface area contributed by atoms with Crippen LogP contribution in [0.4, 0.5) is 13.2 Å². The zero-order chi connectivity index (χ0) is 19.0. The molecule has 2 nitrogen and oxygen atoms in total. The predicted octanol–water partition coefficient (Wildman–Crippen LogP) is 6.04. The molecule has 26 heavy (non-hydrogen) atoms. The van der Waals surface area contributed by atoms with Crippen LogP contribution < -0.4 is 4.74 Å². The highest BCUT2D eigenvalue weighted by Gasteiger charge is 2.39. The number of ether oxygens (including phenoxy) is 2. The maximum Gasteiger partial charge on any atom is 0.394 e. The van der Waals surface area contributed by atoms with E-state index in [2.05, 4.69) is 6.92 Å². The van der Waals surface area contributed by atoms with Crippen LogP contribution in [-0.2, 0) is 11.2 Å². The number of hydrogen-bond acceptors (Lipinski definition) is 2. The maximum absolute atomic E-state index is 13.0. The Hall–Kier alpha value is -1.23. The van der Waals surface area contributed by atoms with E-state index in [-0.39, 0.29) is 13.0 Å². The van der Waals surface area contributed by atoms with Gasteiger partial charge in [-0.05, 0) is 48.8 Å². The molecule has 1 fully saturated rings. The quantitative estimate of drug-likeness (QED) is 0.526. The van der Waals surface area contributed by atoms with Crippen LogP contribution in [0.1, 0.15) is 51.0 Å². The molecule has 1 saturated carbocycles. The van der Waals surface area contributed by atoms with Crippen molar-refractivity contribution < 1.29 is 22.6 Å². The molecule has 5 heteroatoms.